The van der Waals surface area contributed by atoms with Crippen molar-refractivity contribution in [3.63, 3.8) is 0 Å². The Morgan fingerprint density at radius 1 is 1.33 bits per heavy atom. The number of benzene rings is 1. The molecule has 2 rings (SSSR count). The van der Waals surface area contributed by atoms with Gasteiger partial charge in [0.15, 0.2) is 0 Å². The van der Waals surface area contributed by atoms with Crippen LogP contribution >= 0.6 is 23.4 Å². The number of aromatic nitrogens is 1. The van der Waals surface area contributed by atoms with E-state index in [1.54, 1.807) is 6.21 Å². The lowest BCUT2D eigenvalue weighted by Crippen LogP contribution is -2.19. The minimum absolute atomic E-state index is 0.135. The van der Waals surface area contributed by atoms with Gasteiger partial charge in [0.2, 0.25) is 5.91 Å². The van der Waals surface area contributed by atoms with E-state index >= 15 is 0 Å². The first kappa shape index (κ1) is 18.6. The van der Waals surface area contributed by atoms with Crippen molar-refractivity contribution in [2.45, 2.75) is 38.6 Å². The average molecular weight is 364 g/mol. The van der Waals surface area contributed by atoms with E-state index in [0.29, 0.717) is 16.8 Å². The Morgan fingerprint density at radius 3 is 2.58 bits per heavy atom. The summed E-state index contributed by atoms with van der Waals surface area (Å²) in [4.78, 5) is 12.9. The third-order valence-corrected chi connectivity index (χ3v) is 4.88. The molecular formula is C18H22ClN3OS. The molecule has 0 saturated carbocycles. The molecule has 24 heavy (non-hydrogen) atoms. The Kier molecular flexibility index (Phi) is 6.52. The standard InChI is InChI=1S/C18H22ClN3OS/c1-12(2)22-13(3)9-15(14(22)4)10-20-21-18(23)11-24-17-7-5-16(19)6-8-17/h5-10,12H,11H2,1-4H3,(H,21,23)/b20-10+. The van der Waals surface area contributed by atoms with Gasteiger partial charge in [0, 0.05) is 32.9 Å². The minimum Gasteiger partial charge on any atom is -0.346 e. The van der Waals surface area contributed by atoms with E-state index in [1.807, 2.05) is 24.3 Å². The zero-order valence-electron chi connectivity index (χ0n) is 14.3. The Bertz CT molecular complexity index is 735. The number of thioether (sulfide) groups is 1. The number of hydrogen-bond donors (Lipinski definition) is 1. The van der Waals surface area contributed by atoms with Crippen LogP contribution in [0, 0.1) is 13.8 Å². The van der Waals surface area contributed by atoms with Crippen molar-refractivity contribution in [1.82, 2.24) is 9.99 Å². The van der Waals surface area contributed by atoms with Gasteiger partial charge >= 0.3 is 0 Å². The molecule has 0 saturated heterocycles. The first-order valence-corrected chi connectivity index (χ1v) is 9.13. The Morgan fingerprint density at radius 2 is 2.00 bits per heavy atom. The lowest BCUT2D eigenvalue weighted by molar-refractivity contribution is -0.118. The highest BCUT2D eigenvalue weighted by molar-refractivity contribution is 8.00. The highest BCUT2D eigenvalue weighted by atomic mass is 35.5. The number of halogens is 1. The molecular weight excluding hydrogens is 342 g/mol. The maximum Gasteiger partial charge on any atom is 0.250 e. The Labute approximate surface area is 152 Å². The van der Waals surface area contributed by atoms with Gasteiger partial charge in [-0.15, -0.1) is 11.8 Å². The molecule has 1 aromatic heterocycles. The SMILES string of the molecule is Cc1cc(/C=N/NC(=O)CSc2ccc(Cl)cc2)c(C)n1C(C)C. The maximum atomic E-state index is 11.9. The number of carbonyl (C=O) groups excluding carboxylic acids is 1. The number of aryl methyl sites for hydroxylation is 1. The molecule has 1 heterocycles. The predicted octanol–water partition coefficient (Wildman–Crippen LogP) is 4.58. The number of carbonyl (C=O) groups is 1. The number of nitrogens with one attached hydrogen (secondary N) is 1. The highest BCUT2D eigenvalue weighted by Crippen LogP contribution is 2.20. The molecule has 0 spiro atoms. The van der Waals surface area contributed by atoms with Crippen molar-refractivity contribution in [2.75, 3.05) is 5.75 Å². The van der Waals surface area contributed by atoms with Crippen molar-refractivity contribution in [1.29, 1.82) is 0 Å². The summed E-state index contributed by atoms with van der Waals surface area (Å²) < 4.78 is 2.25. The van der Waals surface area contributed by atoms with Crippen molar-refractivity contribution >= 4 is 35.5 Å². The van der Waals surface area contributed by atoms with Crippen LogP contribution in [0.1, 0.15) is 36.8 Å². The largest absolute Gasteiger partial charge is 0.346 e. The summed E-state index contributed by atoms with van der Waals surface area (Å²) in [7, 11) is 0. The molecule has 2 aromatic rings. The minimum atomic E-state index is -0.135. The van der Waals surface area contributed by atoms with E-state index in [0.717, 1.165) is 16.2 Å². The van der Waals surface area contributed by atoms with Crippen LogP contribution in [0.3, 0.4) is 0 Å². The normalized spacial score (nSPS) is 11.4. The molecule has 0 atom stereocenters. The van der Waals surface area contributed by atoms with Gasteiger partial charge in [0.25, 0.3) is 0 Å². The molecule has 0 aliphatic rings. The summed E-state index contributed by atoms with van der Waals surface area (Å²) >= 11 is 7.29. The molecule has 0 aliphatic carbocycles. The number of amides is 1. The first-order valence-electron chi connectivity index (χ1n) is 7.77. The van der Waals surface area contributed by atoms with Crippen LogP contribution in [0.4, 0.5) is 0 Å². The summed E-state index contributed by atoms with van der Waals surface area (Å²) in [6, 6.07) is 9.88. The molecule has 1 N–H and O–H groups in total. The molecule has 6 heteroatoms. The zero-order valence-corrected chi connectivity index (χ0v) is 15.9. The number of rotatable bonds is 6. The summed E-state index contributed by atoms with van der Waals surface area (Å²) in [5, 5.41) is 4.76. The molecule has 0 fully saturated rings. The van der Waals surface area contributed by atoms with Crippen molar-refractivity contribution in [3.8, 4) is 0 Å². The Balaban J connectivity index is 1.88. The van der Waals surface area contributed by atoms with Gasteiger partial charge in [0.1, 0.15) is 0 Å². The average Bonchev–Trinajstić information content (AvgIpc) is 2.81. The number of hydrazone groups is 1. The predicted molar refractivity (Wildman–Crippen MR) is 102 cm³/mol. The molecule has 1 aromatic carbocycles. The van der Waals surface area contributed by atoms with E-state index in [2.05, 4.69) is 48.9 Å². The second kappa shape index (κ2) is 8.40. The third-order valence-electron chi connectivity index (χ3n) is 3.62. The van der Waals surface area contributed by atoms with Crippen molar-refractivity contribution < 1.29 is 4.79 Å². The lowest BCUT2D eigenvalue weighted by Gasteiger charge is -2.13. The van der Waals surface area contributed by atoms with Crippen LogP contribution in [0.15, 0.2) is 40.3 Å². The van der Waals surface area contributed by atoms with E-state index < -0.39 is 0 Å². The smallest absolute Gasteiger partial charge is 0.250 e. The Hall–Kier alpha value is -1.72. The van der Waals surface area contributed by atoms with Crippen LogP contribution in [0.25, 0.3) is 0 Å². The molecule has 1 amide bonds. The first-order chi connectivity index (χ1) is 11.4. The number of hydrogen-bond acceptors (Lipinski definition) is 3. The molecule has 0 radical (unpaired) electrons. The highest BCUT2D eigenvalue weighted by Gasteiger charge is 2.09. The zero-order chi connectivity index (χ0) is 17.7. The quantitative estimate of drug-likeness (QED) is 0.463. The molecule has 0 aliphatic heterocycles. The van der Waals surface area contributed by atoms with Crippen molar-refractivity contribution in [3.05, 3.63) is 52.3 Å². The monoisotopic (exact) mass is 363 g/mol. The second-order valence-electron chi connectivity index (χ2n) is 5.83. The van der Waals surface area contributed by atoms with Crippen LogP contribution in [-0.4, -0.2) is 22.4 Å². The van der Waals surface area contributed by atoms with Gasteiger partial charge in [-0.2, -0.15) is 5.10 Å². The summed E-state index contributed by atoms with van der Waals surface area (Å²) in [6.07, 6.45) is 1.70. The van der Waals surface area contributed by atoms with Gasteiger partial charge in [-0.05, 0) is 58.0 Å². The maximum absolute atomic E-state index is 11.9. The topological polar surface area (TPSA) is 46.4 Å². The summed E-state index contributed by atoms with van der Waals surface area (Å²) in [6.45, 7) is 8.44. The van der Waals surface area contributed by atoms with Gasteiger partial charge in [-0.3, -0.25) is 4.79 Å². The van der Waals surface area contributed by atoms with E-state index in [9.17, 15) is 4.79 Å². The van der Waals surface area contributed by atoms with E-state index in [-0.39, 0.29) is 5.91 Å². The van der Waals surface area contributed by atoms with Gasteiger partial charge in [-0.25, -0.2) is 5.43 Å². The molecule has 4 nitrogen and oxygen atoms in total. The van der Waals surface area contributed by atoms with Crippen molar-refractivity contribution in [2.24, 2.45) is 5.10 Å². The van der Waals surface area contributed by atoms with Gasteiger partial charge in [0.05, 0.1) is 12.0 Å². The van der Waals surface area contributed by atoms with Gasteiger partial charge in [-0.1, -0.05) is 11.6 Å². The van der Waals surface area contributed by atoms with Crippen LogP contribution in [0.2, 0.25) is 5.02 Å². The second-order valence-corrected chi connectivity index (χ2v) is 7.31. The van der Waals surface area contributed by atoms with E-state index in [1.165, 1.54) is 17.5 Å². The lowest BCUT2D eigenvalue weighted by atomic mass is 10.2. The number of nitrogens with zero attached hydrogens (tertiary/aromatic N) is 2. The fraction of sp³-hybridized carbons (Fsp3) is 0.333. The van der Waals surface area contributed by atoms with Crippen LogP contribution in [-0.2, 0) is 4.79 Å². The molecule has 128 valence electrons. The van der Waals surface area contributed by atoms with Crippen LogP contribution < -0.4 is 5.43 Å². The third kappa shape index (κ3) is 4.89. The van der Waals surface area contributed by atoms with E-state index in [4.69, 9.17) is 11.6 Å². The fourth-order valence-corrected chi connectivity index (χ4v) is 3.43. The summed E-state index contributed by atoms with van der Waals surface area (Å²) in [5.41, 5.74) is 5.93. The van der Waals surface area contributed by atoms with Gasteiger partial charge < -0.3 is 4.57 Å². The fourth-order valence-electron chi connectivity index (χ4n) is 2.61. The molecule has 0 bridgehead atoms. The van der Waals surface area contributed by atoms with Crippen LogP contribution in [0.5, 0.6) is 0 Å². The summed E-state index contributed by atoms with van der Waals surface area (Å²) in [5.74, 6) is 0.174. The molecule has 0 unspecified atom stereocenters.